The standard InChI is InChI=1S/C14H16N2O2/c1-3-10-5-4-6-11(7-10)14(17)12-8-13(18-2)16-9-15-12/h4-9,14,17H,3H2,1-2H3. The van der Waals surface area contributed by atoms with Gasteiger partial charge >= 0.3 is 0 Å². The van der Waals surface area contributed by atoms with Crippen LogP contribution in [0.15, 0.2) is 36.7 Å². The number of rotatable bonds is 4. The maximum Gasteiger partial charge on any atom is 0.216 e. The maximum atomic E-state index is 10.3. The third-order valence-electron chi connectivity index (χ3n) is 2.83. The summed E-state index contributed by atoms with van der Waals surface area (Å²) in [7, 11) is 1.54. The molecule has 0 fully saturated rings. The van der Waals surface area contributed by atoms with Crippen molar-refractivity contribution in [3.8, 4) is 5.88 Å². The number of methoxy groups -OCH3 is 1. The predicted octanol–water partition coefficient (Wildman–Crippen LogP) is 2.13. The molecule has 1 N–H and O–H groups in total. The second kappa shape index (κ2) is 5.60. The summed E-state index contributed by atoms with van der Waals surface area (Å²) in [5.41, 5.74) is 2.55. The second-order valence-corrected chi connectivity index (χ2v) is 3.99. The Bertz CT molecular complexity index is 481. The first-order chi connectivity index (χ1) is 8.74. The molecule has 1 aromatic carbocycles. The van der Waals surface area contributed by atoms with Gasteiger partial charge in [0.2, 0.25) is 5.88 Å². The predicted molar refractivity (Wildman–Crippen MR) is 68.5 cm³/mol. The van der Waals surface area contributed by atoms with Crippen LogP contribution in [0.2, 0.25) is 0 Å². The van der Waals surface area contributed by atoms with Crippen molar-refractivity contribution >= 4 is 0 Å². The molecule has 1 aromatic heterocycles. The monoisotopic (exact) mass is 244 g/mol. The van der Waals surface area contributed by atoms with Gasteiger partial charge in [0.1, 0.15) is 12.4 Å². The van der Waals surface area contributed by atoms with E-state index in [1.165, 1.54) is 19.0 Å². The molecule has 2 rings (SSSR count). The minimum atomic E-state index is -0.756. The first-order valence-corrected chi connectivity index (χ1v) is 5.87. The molecule has 0 aliphatic heterocycles. The molecule has 4 heteroatoms. The first kappa shape index (κ1) is 12.5. The highest BCUT2D eigenvalue weighted by molar-refractivity contribution is 5.31. The molecule has 0 saturated carbocycles. The van der Waals surface area contributed by atoms with Crippen molar-refractivity contribution in [1.29, 1.82) is 0 Å². The average Bonchev–Trinajstić information content (AvgIpc) is 2.46. The summed E-state index contributed by atoms with van der Waals surface area (Å²) in [6, 6.07) is 9.49. The van der Waals surface area contributed by atoms with Crippen molar-refractivity contribution < 1.29 is 9.84 Å². The van der Waals surface area contributed by atoms with Gasteiger partial charge in [-0.3, -0.25) is 0 Å². The lowest BCUT2D eigenvalue weighted by Gasteiger charge is -2.12. The fraction of sp³-hybridized carbons (Fsp3) is 0.286. The molecule has 0 radical (unpaired) electrons. The Balaban J connectivity index is 2.31. The largest absolute Gasteiger partial charge is 0.481 e. The molecule has 0 aliphatic rings. The number of nitrogens with zero attached hydrogens (tertiary/aromatic N) is 2. The lowest BCUT2D eigenvalue weighted by atomic mass is 10.0. The lowest BCUT2D eigenvalue weighted by Crippen LogP contribution is -2.04. The summed E-state index contributed by atoms with van der Waals surface area (Å²) in [5.74, 6) is 0.450. The smallest absolute Gasteiger partial charge is 0.216 e. The van der Waals surface area contributed by atoms with Crippen LogP contribution in [0.5, 0.6) is 5.88 Å². The van der Waals surface area contributed by atoms with Crippen LogP contribution >= 0.6 is 0 Å². The highest BCUT2D eigenvalue weighted by Gasteiger charge is 2.13. The van der Waals surface area contributed by atoms with Crippen molar-refractivity contribution in [2.24, 2.45) is 0 Å². The Hall–Kier alpha value is -1.94. The maximum absolute atomic E-state index is 10.3. The van der Waals surface area contributed by atoms with Crippen molar-refractivity contribution in [1.82, 2.24) is 9.97 Å². The number of ether oxygens (including phenoxy) is 1. The quantitative estimate of drug-likeness (QED) is 0.895. The number of hydrogen-bond donors (Lipinski definition) is 1. The van der Waals surface area contributed by atoms with Gasteiger partial charge in [-0.15, -0.1) is 0 Å². The topological polar surface area (TPSA) is 55.2 Å². The van der Waals surface area contributed by atoms with Crippen molar-refractivity contribution in [2.75, 3.05) is 7.11 Å². The van der Waals surface area contributed by atoms with Crippen molar-refractivity contribution in [2.45, 2.75) is 19.4 Å². The summed E-state index contributed by atoms with van der Waals surface area (Å²) in [4.78, 5) is 8.00. The Morgan fingerprint density at radius 1 is 1.28 bits per heavy atom. The highest BCUT2D eigenvalue weighted by atomic mass is 16.5. The molecule has 4 nitrogen and oxygen atoms in total. The van der Waals surface area contributed by atoms with Crippen LogP contribution in [0, 0.1) is 0 Å². The number of aromatic nitrogens is 2. The van der Waals surface area contributed by atoms with Gasteiger partial charge in [-0.2, -0.15) is 0 Å². The second-order valence-electron chi connectivity index (χ2n) is 3.99. The molecule has 0 spiro atoms. The molecule has 0 bridgehead atoms. The molecule has 1 heterocycles. The summed E-state index contributed by atoms with van der Waals surface area (Å²) in [5, 5.41) is 10.3. The zero-order chi connectivity index (χ0) is 13.0. The zero-order valence-corrected chi connectivity index (χ0v) is 10.5. The first-order valence-electron chi connectivity index (χ1n) is 5.87. The number of benzene rings is 1. The molecular formula is C14H16N2O2. The van der Waals surface area contributed by atoms with Crippen molar-refractivity contribution in [3.63, 3.8) is 0 Å². The summed E-state index contributed by atoms with van der Waals surface area (Å²) < 4.78 is 5.02. The molecule has 94 valence electrons. The van der Waals surface area contributed by atoms with Gasteiger partial charge in [-0.1, -0.05) is 31.2 Å². The van der Waals surface area contributed by atoms with E-state index in [1.807, 2.05) is 24.3 Å². The van der Waals surface area contributed by atoms with Gasteiger partial charge in [0, 0.05) is 6.07 Å². The van der Waals surface area contributed by atoms with Crippen LogP contribution in [-0.4, -0.2) is 22.2 Å². The van der Waals surface area contributed by atoms with Crippen LogP contribution in [0.4, 0.5) is 0 Å². The van der Waals surface area contributed by atoms with E-state index >= 15 is 0 Å². The number of aliphatic hydroxyl groups excluding tert-OH is 1. The molecule has 1 unspecified atom stereocenters. The molecular weight excluding hydrogens is 228 g/mol. The van der Waals surface area contributed by atoms with E-state index in [4.69, 9.17) is 4.74 Å². The Kier molecular flexibility index (Phi) is 3.89. The molecule has 1 atom stereocenters. The van der Waals surface area contributed by atoms with Gasteiger partial charge in [0.05, 0.1) is 12.8 Å². The average molecular weight is 244 g/mol. The molecule has 18 heavy (non-hydrogen) atoms. The molecule has 0 aliphatic carbocycles. The third kappa shape index (κ3) is 2.65. The summed E-state index contributed by atoms with van der Waals surface area (Å²) in [6.07, 6.45) is 1.57. The van der Waals surface area contributed by atoms with Crippen molar-refractivity contribution in [3.05, 3.63) is 53.5 Å². The summed E-state index contributed by atoms with van der Waals surface area (Å²) in [6.45, 7) is 2.08. The Morgan fingerprint density at radius 3 is 2.83 bits per heavy atom. The SMILES string of the molecule is CCc1cccc(C(O)c2cc(OC)ncn2)c1. The van der Waals surface area contributed by atoms with E-state index in [1.54, 1.807) is 6.07 Å². The van der Waals surface area contributed by atoms with Gasteiger partial charge in [0.25, 0.3) is 0 Å². The number of aryl methyl sites for hydroxylation is 1. The molecule has 2 aromatic rings. The lowest BCUT2D eigenvalue weighted by molar-refractivity contribution is 0.214. The minimum Gasteiger partial charge on any atom is -0.481 e. The van der Waals surface area contributed by atoms with E-state index in [9.17, 15) is 5.11 Å². The van der Waals surface area contributed by atoms with E-state index < -0.39 is 6.10 Å². The fourth-order valence-electron chi connectivity index (χ4n) is 1.77. The van der Waals surface area contributed by atoms with Gasteiger partial charge in [-0.25, -0.2) is 9.97 Å². The van der Waals surface area contributed by atoms with Crippen LogP contribution in [0.1, 0.15) is 29.8 Å². The van der Waals surface area contributed by atoms with E-state index in [2.05, 4.69) is 16.9 Å². The summed E-state index contributed by atoms with van der Waals surface area (Å²) >= 11 is 0. The number of hydrogen-bond acceptors (Lipinski definition) is 4. The molecule has 0 saturated heterocycles. The fourth-order valence-corrected chi connectivity index (χ4v) is 1.77. The Labute approximate surface area is 106 Å². The van der Waals surface area contributed by atoms with E-state index in [-0.39, 0.29) is 0 Å². The highest BCUT2D eigenvalue weighted by Crippen LogP contribution is 2.22. The Morgan fingerprint density at radius 2 is 2.11 bits per heavy atom. The van der Waals surface area contributed by atoms with E-state index in [0.717, 1.165) is 12.0 Å². The van der Waals surface area contributed by atoms with Crippen LogP contribution in [0.3, 0.4) is 0 Å². The van der Waals surface area contributed by atoms with Crippen LogP contribution in [0.25, 0.3) is 0 Å². The van der Waals surface area contributed by atoms with Crippen LogP contribution in [-0.2, 0) is 6.42 Å². The van der Waals surface area contributed by atoms with Gasteiger partial charge in [-0.05, 0) is 17.5 Å². The van der Waals surface area contributed by atoms with E-state index in [0.29, 0.717) is 11.6 Å². The van der Waals surface area contributed by atoms with Crippen LogP contribution < -0.4 is 4.74 Å². The number of aliphatic hydroxyl groups is 1. The zero-order valence-electron chi connectivity index (χ0n) is 10.5. The van der Waals surface area contributed by atoms with Gasteiger partial charge in [0.15, 0.2) is 0 Å². The third-order valence-corrected chi connectivity index (χ3v) is 2.83. The normalized spacial score (nSPS) is 12.2. The van der Waals surface area contributed by atoms with Gasteiger partial charge < -0.3 is 9.84 Å². The minimum absolute atomic E-state index is 0.450. The molecule has 0 amide bonds.